The summed E-state index contributed by atoms with van der Waals surface area (Å²) in [7, 11) is 0. The summed E-state index contributed by atoms with van der Waals surface area (Å²) in [5.74, 6) is 0. The molecule has 0 atom stereocenters. The molecule has 0 aliphatic rings. The first-order chi connectivity index (χ1) is 43.2. The van der Waals surface area contributed by atoms with Crippen molar-refractivity contribution < 1.29 is 0 Å². The van der Waals surface area contributed by atoms with Crippen LogP contribution in [0.4, 0.5) is 85.3 Å². The number of fused-ring (bicyclic) bond motifs is 4. The second-order valence-electron chi connectivity index (χ2n) is 21.8. The monoisotopic (exact) mass is 1110 g/mol. The van der Waals surface area contributed by atoms with E-state index in [-0.39, 0.29) is 0 Å². The van der Waals surface area contributed by atoms with E-state index in [0.717, 1.165) is 85.3 Å². The van der Waals surface area contributed by atoms with Crippen molar-refractivity contribution in [2.24, 2.45) is 0 Å². The fourth-order valence-corrected chi connectivity index (χ4v) is 12.5. The van der Waals surface area contributed by atoms with Crippen LogP contribution in [0.2, 0.25) is 0 Å². The Labute approximate surface area is 508 Å². The summed E-state index contributed by atoms with van der Waals surface area (Å²) in [6.45, 7) is 0. The molecular weight excluding hydrogens is 1050 g/mol. The van der Waals surface area contributed by atoms with Gasteiger partial charge in [-0.15, -0.1) is 0 Å². The van der Waals surface area contributed by atoms with Gasteiger partial charge in [0.05, 0.1) is 11.4 Å². The van der Waals surface area contributed by atoms with E-state index in [1.165, 1.54) is 43.1 Å². The quantitative estimate of drug-likeness (QED) is 0.0948. The molecule has 0 spiro atoms. The minimum Gasteiger partial charge on any atom is -0.311 e. The number of para-hydroxylation sites is 5. The third kappa shape index (κ3) is 10.1. The Morgan fingerprint density at radius 2 is 0.276 bits per heavy atom. The van der Waals surface area contributed by atoms with Gasteiger partial charge in [-0.25, -0.2) is 0 Å². The summed E-state index contributed by atoms with van der Waals surface area (Å²) >= 11 is 0. The third-order valence-electron chi connectivity index (χ3n) is 16.5. The average molecular weight is 1110 g/mol. The molecule has 0 aromatic heterocycles. The molecule has 0 amide bonds. The molecule has 0 unspecified atom stereocenters. The predicted molar refractivity (Wildman–Crippen MR) is 370 cm³/mol. The lowest BCUT2D eigenvalue weighted by Gasteiger charge is -2.31. The summed E-state index contributed by atoms with van der Waals surface area (Å²) in [6, 6.07) is 129. The van der Waals surface area contributed by atoms with Crippen molar-refractivity contribution in [1.82, 2.24) is 0 Å². The molecule has 5 nitrogen and oxygen atoms in total. The van der Waals surface area contributed by atoms with Crippen LogP contribution in [0.25, 0.3) is 43.1 Å². The van der Waals surface area contributed by atoms with E-state index in [4.69, 9.17) is 0 Å². The number of hydrogen-bond donors (Lipinski definition) is 0. The summed E-state index contributed by atoms with van der Waals surface area (Å²) in [4.78, 5) is 11.8. The Kier molecular flexibility index (Phi) is 13.9. The molecule has 5 heteroatoms. The maximum Gasteiger partial charge on any atom is 0.0618 e. The Morgan fingerprint density at radius 3 is 0.483 bits per heavy atom. The molecule has 15 aromatic carbocycles. The van der Waals surface area contributed by atoms with Crippen molar-refractivity contribution in [2.45, 2.75) is 0 Å². The van der Waals surface area contributed by atoms with Crippen LogP contribution in [-0.4, -0.2) is 0 Å². The summed E-state index contributed by atoms with van der Waals surface area (Å²) in [5.41, 5.74) is 16.1. The van der Waals surface area contributed by atoms with Crippen molar-refractivity contribution >= 4 is 128 Å². The van der Waals surface area contributed by atoms with Crippen molar-refractivity contribution in [3.8, 4) is 0 Å². The Hall–Kier alpha value is -11.7. The first kappa shape index (κ1) is 52.2. The largest absolute Gasteiger partial charge is 0.311 e. The molecule has 0 aliphatic carbocycles. The van der Waals surface area contributed by atoms with Gasteiger partial charge in [-0.1, -0.05) is 188 Å². The molecule has 0 saturated heterocycles. The van der Waals surface area contributed by atoms with E-state index < -0.39 is 0 Å². The van der Waals surface area contributed by atoms with Crippen LogP contribution >= 0.6 is 0 Å². The first-order valence-corrected chi connectivity index (χ1v) is 29.7. The standard InChI is InChI=1S/C82H59N5/c1-6-28-64(29-7-1)83(69-42-46-71(47-43-69)84(65-30-8-2-9-31-65)73-50-54-75(55-51-73)86(67-34-12-4-13-35-67)81-77-38-20-16-24-60(77)58-61-25-17-21-39-78(61)81)70-44-48-72(49-45-70)85(66-32-10-3-11-33-66)74-52-56-76(57-53-74)87(68-36-14-5-15-37-68)82-79-40-22-18-26-62(79)59-63-27-19-23-41-80(63)82/h1-59H. The molecule has 0 N–H and O–H groups in total. The molecule has 0 aliphatic heterocycles. The van der Waals surface area contributed by atoms with Crippen LogP contribution < -0.4 is 24.5 Å². The van der Waals surface area contributed by atoms with Gasteiger partial charge in [-0.2, -0.15) is 0 Å². The van der Waals surface area contributed by atoms with Gasteiger partial charge in [-0.3, -0.25) is 0 Å². The van der Waals surface area contributed by atoms with Crippen LogP contribution in [0.3, 0.4) is 0 Å². The second kappa shape index (κ2) is 23.2. The minimum absolute atomic E-state index is 1.04. The van der Waals surface area contributed by atoms with Crippen molar-refractivity contribution in [2.75, 3.05) is 24.5 Å². The fourth-order valence-electron chi connectivity index (χ4n) is 12.5. The molecule has 0 radical (unpaired) electrons. The number of benzene rings is 15. The molecular formula is C82H59N5. The van der Waals surface area contributed by atoms with Gasteiger partial charge < -0.3 is 24.5 Å². The highest BCUT2D eigenvalue weighted by Crippen LogP contribution is 2.48. The van der Waals surface area contributed by atoms with E-state index >= 15 is 0 Å². The van der Waals surface area contributed by atoms with Gasteiger partial charge in [-0.05, 0) is 191 Å². The Morgan fingerprint density at radius 1 is 0.126 bits per heavy atom. The van der Waals surface area contributed by atoms with Crippen LogP contribution in [0.1, 0.15) is 0 Å². The topological polar surface area (TPSA) is 16.2 Å². The van der Waals surface area contributed by atoms with Gasteiger partial charge in [0, 0.05) is 95.5 Å². The molecule has 15 aromatic rings. The molecule has 0 bridgehead atoms. The fraction of sp³-hybridized carbons (Fsp3) is 0. The summed E-state index contributed by atoms with van der Waals surface area (Å²) in [6.07, 6.45) is 0. The smallest absolute Gasteiger partial charge is 0.0618 e. The van der Waals surface area contributed by atoms with Crippen molar-refractivity contribution in [3.63, 3.8) is 0 Å². The van der Waals surface area contributed by atoms with Gasteiger partial charge in [0.1, 0.15) is 0 Å². The molecule has 412 valence electrons. The van der Waals surface area contributed by atoms with Crippen molar-refractivity contribution in [1.29, 1.82) is 0 Å². The highest BCUT2D eigenvalue weighted by molar-refractivity contribution is 6.15. The first-order valence-electron chi connectivity index (χ1n) is 29.7. The molecule has 0 saturated carbocycles. The number of nitrogens with zero attached hydrogens (tertiary/aromatic N) is 5. The van der Waals surface area contributed by atoms with E-state index in [2.05, 4.69) is 382 Å². The van der Waals surface area contributed by atoms with E-state index in [0.29, 0.717) is 0 Å². The number of rotatable bonds is 15. The lowest BCUT2D eigenvalue weighted by atomic mass is 9.99. The van der Waals surface area contributed by atoms with E-state index in [9.17, 15) is 0 Å². The van der Waals surface area contributed by atoms with E-state index in [1.807, 2.05) is 0 Å². The SMILES string of the molecule is c1ccc(N(c2ccc(N(c3ccccc3)c3ccc(N(c4ccccc4)c4c5ccccc5cc5ccccc45)cc3)cc2)c2ccc(N(c3ccccc3)c3ccc(N(c4ccccc4)c4c5ccccc5cc5ccccc45)cc3)cc2)cc1. The normalized spacial score (nSPS) is 11.2. The van der Waals surface area contributed by atoms with Gasteiger partial charge in [0.2, 0.25) is 0 Å². The highest BCUT2D eigenvalue weighted by Gasteiger charge is 2.24. The van der Waals surface area contributed by atoms with E-state index in [1.54, 1.807) is 0 Å². The zero-order valence-corrected chi connectivity index (χ0v) is 47.8. The second-order valence-corrected chi connectivity index (χ2v) is 21.8. The van der Waals surface area contributed by atoms with Crippen LogP contribution in [0.5, 0.6) is 0 Å². The van der Waals surface area contributed by atoms with Crippen LogP contribution in [0, 0.1) is 0 Å². The maximum atomic E-state index is 2.41. The van der Waals surface area contributed by atoms with Gasteiger partial charge in [0.25, 0.3) is 0 Å². The Balaban J connectivity index is 0.771. The molecule has 0 heterocycles. The maximum absolute atomic E-state index is 2.41. The van der Waals surface area contributed by atoms with Crippen LogP contribution in [0.15, 0.2) is 358 Å². The lowest BCUT2D eigenvalue weighted by Crippen LogP contribution is -2.14. The molecule has 0 fully saturated rings. The summed E-state index contributed by atoms with van der Waals surface area (Å²) in [5, 5.41) is 9.62. The van der Waals surface area contributed by atoms with Gasteiger partial charge >= 0.3 is 0 Å². The van der Waals surface area contributed by atoms with Crippen molar-refractivity contribution in [3.05, 3.63) is 358 Å². The van der Waals surface area contributed by atoms with Gasteiger partial charge in [0.15, 0.2) is 0 Å². The molecule has 87 heavy (non-hydrogen) atoms. The number of hydrogen-bond acceptors (Lipinski definition) is 5. The summed E-state index contributed by atoms with van der Waals surface area (Å²) < 4.78 is 0. The zero-order valence-electron chi connectivity index (χ0n) is 47.8. The average Bonchev–Trinajstić information content (AvgIpc) is 1.68. The Bertz CT molecular complexity index is 4430. The predicted octanol–water partition coefficient (Wildman–Crippen LogP) is 23.6. The highest BCUT2D eigenvalue weighted by atomic mass is 15.2. The number of anilines is 15. The van der Waals surface area contributed by atoms with Crippen LogP contribution in [-0.2, 0) is 0 Å². The lowest BCUT2D eigenvalue weighted by molar-refractivity contribution is 1.24. The minimum atomic E-state index is 1.04. The zero-order chi connectivity index (χ0) is 57.9. The third-order valence-corrected chi connectivity index (χ3v) is 16.5. The molecule has 15 rings (SSSR count).